The van der Waals surface area contributed by atoms with E-state index in [1.54, 1.807) is 0 Å². The molecule has 2 aliphatic rings. The molecule has 0 amide bonds. The molecule has 2 N–H and O–H groups in total. The monoisotopic (exact) mass is 314 g/mol. The minimum absolute atomic E-state index is 0.122. The van der Waals surface area contributed by atoms with Crippen molar-refractivity contribution in [2.24, 2.45) is 0 Å². The van der Waals surface area contributed by atoms with Crippen molar-refractivity contribution in [3.05, 3.63) is 23.7 Å². The van der Waals surface area contributed by atoms with E-state index in [1.165, 1.54) is 18.4 Å². The molecule has 4 rings (SSSR count). The molecule has 2 aromatic rings. The Kier molecular flexibility index (Phi) is 4.07. The summed E-state index contributed by atoms with van der Waals surface area (Å²) in [5.41, 5.74) is 3.37. The first-order chi connectivity index (χ1) is 11.2. The molecule has 0 atom stereocenters. The molecular weight excluding hydrogens is 288 g/mol. The van der Waals surface area contributed by atoms with Gasteiger partial charge in [0, 0.05) is 12.1 Å². The van der Waals surface area contributed by atoms with Gasteiger partial charge in [0.05, 0.1) is 6.10 Å². The molecule has 23 heavy (non-hydrogen) atoms. The van der Waals surface area contributed by atoms with Crippen molar-refractivity contribution < 1.29 is 5.11 Å². The first-order valence-corrected chi connectivity index (χ1v) is 8.92. The number of aromatic nitrogens is 3. The summed E-state index contributed by atoms with van der Waals surface area (Å²) in [5, 5.41) is 9.70. The molecule has 0 bridgehead atoms. The maximum Gasteiger partial charge on any atom is 0.157 e. The lowest BCUT2D eigenvalue weighted by Crippen LogP contribution is -2.29. The number of aliphatic hydroxyl groups excluding tert-OH is 1. The summed E-state index contributed by atoms with van der Waals surface area (Å²) in [4.78, 5) is 15.3. The van der Waals surface area contributed by atoms with Crippen LogP contribution in [0.25, 0.3) is 11.2 Å². The van der Waals surface area contributed by atoms with Gasteiger partial charge in [-0.15, -0.1) is 0 Å². The summed E-state index contributed by atoms with van der Waals surface area (Å²) in [7, 11) is 2.20. The van der Waals surface area contributed by atoms with Gasteiger partial charge in [-0.05, 0) is 76.2 Å². The molecule has 124 valence electrons. The summed E-state index contributed by atoms with van der Waals surface area (Å²) in [6.45, 7) is 2.32. The lowest BCUT2D eigenvalue weighted by atomic mass is 9.87. The van der Waals surface area contributed by atoms with E-state index in [1.807, 2.05) is 6.20 Å². The van der Waals surface area contributed by atoms with Crippen molar-refractivity contribution in [3.63, 3.8) is 0 Å². The second-order valence-electron chi connectivity index (χ2n) is 7.30. The predicted octanol–water partition coefficient (Wildman–Crippen LogP) is 2.79. The molecule has 0 aromatic carbocycles. The molecule has 0 spiro atoms. The number of nitrogens with zero attached hydrogens (tertiary/aromatic N) is 3. The highest BCUT2D eigenvalue weighted by molar-refractivity contribution is 5.75. The maximum absolute atomic E-state index is 9.70. The Morgan fingerprint density at radius 3 is 2.57 bits per heavy atom. The topological polar surface area (TPSA) is 65.0 Å². The van der Waals surface area contributed by atoms with Crippen LogP contribution in [0.3, 0.4) is 0 Å². The number of hydrogen-bond donors (Lipinski definition) is 2. The van der Waals surface area contributed by atoms with Gasteiger partial charge in [0.1, 0.15) is 11.3 Å². The van der Waals surface area contributed by atoms with E-state index in [-0.39, 0.29) is 6.10 Å². The van der Waals surface area contributed by atoms with Gasteiger partial charge in [-0.1, -0.05) is 0 Å². The number of rotatable bonds is 2. The Hall–Kier alpha value is -1.46. The standard InChI is InChI=1S/C18H26N4O/c1-22-10-7-12(8-11-22)15-6-9-19-18-16(15)20-17(21-18)13-2-4-14(23)5-3-13/h6,9,12-14,23H,2-5,7-8,10-11H2,1H3,(H,19,20,21). The molecule has 0 radical (unpaired) electrons. The van der Waals surface area contributed by atoms with Crippen molar-refractivity contribution in [1.29, 1.82) is 0 Å². The molecule has 2 aromatic heterocycles. The minimum Gasteiger partial charge on any atom is -0.393 e. The Bertz CT molecular complexity index is 667. The molecule has 1 saturated heterocycles. The average molecular weight is 314 g/mol. The summed E-state index contributed by atoms with van der Waals surface area (Å²) < 4.78 is 0. The first kappa shape index (κ1) is 15.1. The third-order valence-electron chi connectivity index (χ3n) is 5.68. The van der Waals surface area contributed by atoms with E-state index in [2.05, 4.69) is 28.0 Å². The third kappa shape index (κ3) is 3.00. The molecule has 5 heteroatoms. The van der Waals surface area contributed by atoms with Crippen molar-refractivity contribution in [2.45, 2.75) is 56.5 Å². The Morgan fingerprint density at radius 1 is 1.09 bits per heavy atom. The van der Waals surface area contributed by atoms with Crippen LogP contribution in [0.5, 0.6) is 0 Å². The van der Waals surface area contributed by atoms with Gasteiger partial charge in [-0.2, -0.15) is 0 Å². The number of aliphatic hydroxyl groups is 1. The number of hydrogen-bond acceptors (Lipinski definition) is 4. The van der Waals surface area contributed by atoms with Crippen LogP contribution in [0.2, 0.25) is 0 Å². The number of H-pyrrole nitrogens is 1. The number of likely N-dealkylation sites (tertiary alicyclic amines) is 1. The quantitative estimate of drug-likeness (QED) is 0.894. The van der Waals surface area contributed by atoms with Crippen molar-refractivity contribution in [1.82, 2.24) is 19.9 Å². The van der Waals surface area contributed by atoms with Gasteiger partial charge >= 0.3 is 0 Å². The summed E-state index contributed by atoms with van der Waals surface area (Å²) in [6, 6.07) is 2.16. The van der Waals surface area contributed by atoms with Gasteiger partial charge in [0.2, 0.25) is 0 Å². The van der Waals surface area contributed by atoms with Crippen LogP contribution in [0.15, 0.2) is 12.3 Å². The van der Waals surface area contributed by atoms with Crippen molar-refractivity contribution in [3.8, 4) is 0 Å². The van der Waals surface area contributed by atoms with Crippen molar-refractivity contribution >= 4 is 11.2 Å². The molecule has 1 aliphatic heterocycles. The highest BCUT2D eigenvalue weighted by Crippen LogP contribution is 2.35. The highest BCUT2D eigenvalue weighted by Gasteiger charge is 2.26. The Morgan fingerprint density at radius 2 is 1.83 bits per heavy atom. The number of fused-ring (bicyclic) bond motifs is 1. The van der Waals surface area contributed by atoms with Gasteiger partial charge in [0.15, 0.2) is 5.65 Å². The van der Waals surface area contributed by atoms with E-state index < -0.39 is 0 Å². The molecule has 1 saturated carbocycles. The minimum atomic E-state index is -0.122. The molecule has 5 nitrogen and oxygen atoms in total. The summed E-state index contributed by atoms with van der Waals surface area (Å²) >= 11 is 0. The normalized spacial score (nSPS) is 27.6. The van der Waals surface area contributed by atoms with Crippen LogP contribution in [0, 0.1) is 0 Å². The second kappa shape index (κ2) is 6.21. The van der Waals surface area contributed by atoms with Gasteiger partial charge in [-0.3, -0.25) is 0 Å². The van der Waals surface area contributed by atoms with E-state index >= 15 is 0 Å². The number of pyridine rings is 1. The van der Waals surface area contributed by atoms with Crippen LogP contribution >= 0.6 is 0 Å². The maximum atomic E-state index is 9.70. The summed E-state index contributed by atoms with van der Waals surface area (Å²) in [5.74, 6) is 2.11. The van der Waals surface area contributed by atoms with Crippen LogP contribution in [-0.4, -0.2) is 51.2 Å². The second-order valence-corrected chi connectivity index (χ2v) is 7.30. The van der Waals surface area contributed by atoms with Gasteiger partial charge < -0.3 is 15.0 Å². The van der Waals surface area contributed by atoms with E-state index in [4.69, 9.17) is 4.98 Å². The number of aromatic amines is 1. The largest absolute Gasteiger partial charge is 0.393 e. The number of piperidine rings is 1. The molecule has 2 fully saturated rings. The fourth-order valence-electron chi connectivity index (χ4n) is 4.14. The lowest BCUT2D eigenvalue weighted by Gasteiger charge is -2.29. The van der Waals surface area contributed by atoms with Crippen LogP contribution < -0.4 is 0 Å². The fourth-order valence-corrected chi connectivity index (χ4v) is 4.14. The zero-order valence-electron chi connectivity index (χ0n) is 13.8. The highest BCUT2D eigenvalue weighted by atomic mass is 16.3. The Balaban J connectivity index is 1.62. The van der Waals surface area contributed by atoms with Crippen molar-refractivity contribution in [2.75, 3.05) is 20.1 Å². The number of imidazole rings is 1. The van der Waals surface area contributed by atoms with Crippen LogP contribution in [-0.2, 0) is 0 Å². The first-order valence-electron chi connectivity index (χ1n) is 8.92. The SMILES string of the molecule is CN1CCC(c2ccnc3[nH]c(C4CCC(O)CC4)nc23)CC1. The molecular formula is C18H26N4O. The molecule has 1 aliphatic carbocycles. The van der Waals surface area contributed by atoms with E-state index in [0.717, 1.165) is 55.8 Å². The fraction of sp³-hybridized carbons (Fsp3) is 0.667. The van der Waals surface area contributed by atoms with Crippen LogP contribution in [0.4, 0.5) is 0 Å². The van der Waals surface area contributed by atoms with Crippen LogP contribution in [0.1, 0.15) is 61.7 Å². The van der Waals surface area contributed by atoms with E-state index in [0.29, 0.717) is 11.8 Å². The third-order valence-corrected chi connectivity index (χ3v) is 5.68. The average Bonchev–Trinajstić information content (AvgIpc) is 3.00. The predicted molar refractivity (Wildman–Crippen MR) is 90.6 cm³/mol. The molecule has 0 unspecified atom stereocenters. The summed E-state index contributed by atoms with van der Waals surface area (Å²) in [6.07, 6.45) is 8.01. The molecule has 3 heterocycles. The lowest BCUT2D eigenvalue weighted by molar-refractivity contribution is 0.121. The zero-order chi connectivity index (χ0) is 15.8. The Labute approximate surface area is 137 Å². The smallest absolute Gasteiger partial charge is 0.157 e. The van der Waals surface area contributed by atoms with Gasteiger partial charge in [-0.25, -0.2) is 9.97 Å². The van der Waals surface area contributed by atoms with E-state index in [9.17, 15) is 5.11 Å². The van der Waals surface area contributed by atoms with Gasteiger partial charge in [0.25, 0.3) is 0 Å². The number of nitrogens with one attached hydrogen (secondary N) is 1. The zero-order valence-corrected chi connectivity index (χ0v) is 13.8.